The van der Waals surface area contributed by atoms with Crippen molar-refractivity contribution in [3.63, 3.8) is 0 Å². The van der Waals surface area contributed by atoms with Gasteiger partial charge in [0.1, 0.15) is 0 Å². The first-order chi connectivity index (χ1) is 7.66. The van der Waals surface area contributed by atoms with Crippen LogP contribution in [0.4, 0.5) is 11.4 Å². The van der Waals surface area contributed by atoms with Crippen molar-refractivity contribution in [1.82, 2.24) is 0 Å². The lowest BCUT2D eigenvalue weighted by atomic mass is 10.2. The van der Waals surface area contributed by atoms with Gasteiger partial charge in [-0.3, -0.25) is 0 Å². The Kier molecular flexibility index (Phi) is 2.55. The summed E-state index contributed by atoms with van der Waals surface area (Å²) in [5.74, 6) is 0.897. The van der Waals surface area contributed by atoms with Crippen molar-refractivity contribution in [1.29, 1.82) is 0 Å². The van der Waals surface area contributed by atoms with Gasteiger partial charge >= 0.3 is 0 Å². The van der Waals surface area contributed by atoms with Gasteiger partial charge < -0.3 is 21.3 Å². The molecule has 0 aliphatic heterocycles. The maximum Gasteiger partial charge on any atom is 0.169 e. The molecule has 0 radical (unpaired) electrons. The summed E-state index contributed by atoms with van der Waals surface area (Å²) >= 11 is 0. The third-order valence-corrected chi connectivity index (χ3v) is 2.12. The van der Waals surface area contributed by atoms with Gasteiger partial charge in [0.2, 0.25) is 0 Å². The minimum atomic E-state index is 0.0683. The van der Waals surface area contributed by atoms with Gasteiger partial charge in [0, 0.05) is 5.69 Å². The van der Waals surface area contributed by atoms with E-state index in [9.17, 15) is 5.11 Å². The van der Waals surface area contributed by atoms with E-state index >= 15 is 0 Å². The molecule has 4 heteroatoms. The van der Waals surface area contributed by atoms with E-state index in [1.807, 2.05) is 0 Å². The topological polar surface area (TPSA) is 81.5 Å². The van der Waals surface area contributed by atoms with Gasteiger partial charge in [-0.05, 0) is 30.3 Å². The molecule has 4 nitrogen and oxygen atoms in total. The number of anilines is 2. The van der Waals surface area contributed by atoms with Gasteiger partial charge in [0.15, 0.2) is 17.2 Å². The summed E-state index contributed by atoms with van der Waals surface area (Å²) in [5.41, 5.74) is 12.3. The standard InChI is InChI=1S/C12H12N2O2/c13-8-5-6-11(9(14)7-8)16-12-4-2-1-3-10(12)15/h1-7,15H,13-14H2. The van der Waals surface area contributed by atoms with E-state index in [4.69, 9.17) is 16.2 Å². The first-order valence-corrected chi connectivity index (χ1v) is 4.77. The first-order valence-electron chi connectivity index (χ1n) is 4.77. The molecular formula is C12H12N2O2. The number of nitrogens with two attached hydrogens (primary N) is 2. The highest BCUT2D eigenvalue weighted by Crippen LogP contribution is 2.33. The molecule has 0 saturated carbocycles. The number of phenols is 1. The zero-order valence-corrected chi connectivity index (χ0v) is 8.55. The van der Waals surface area contributed by atoms with Gasteiger partial charge in [-0.25, -0.2) is 0 Å². The number of aromatic hydroxyl groups is 1. The van der Waals surface area contributed by atoms with Gasteiger partial charge in [-0.1, -0.05) is 12.1 Å². The molecule has 82 valence electrons. The van der Waals surface area contributed by atoms with Crippen LogP contribution in [0.3, 0.4) is 0 Å². The van der Waals surface area contributed by atoms with Crippen LogP contribution in [-0.2, 0) is 0 Å². The number of para-hydroxylation sites is 2. The fourth-order valence-electron chi connectivity index (χ4n) is 1.32. The Morgan fingerprint density at radius 2 is 1.69 bits per heavy atom. The van der Waals surface area contributed by atoms with Crippen LogP contribution in [0.2, 0.25) is 0 Å². The minimum absolute atomic E-state index is 0.0683. The van der Waals surface area contributed by atoms with Gasteiger partial charge in [-0.2, -0.15) is 0 Å². The number of nitrogen functional groups attached to an aromatic ring is 2. The molecule has 2 aromatic carbocycles. The summed E-state index contributed by atoms with van der Waals surface area (Å²) in [7, 11) is 0. The minimum Gasteiger partial charge on any atom is -0.504 e. The number of hydrogen-bond donors (Lipinski definition) is 3. The SMILES string of the molecule is Nc1ccc(Oc2ccccc2O)c(N)c1. The predicted molar refractivity (Wildman–Crippen MR) is 63.4 cm³/mol. The van der Waals surface area contributed by atoms with Gasteiger partial charge in [0.25, 0.3) is 0 Å². The molecule has 0 unspecified atom stereocenters. The van der Waals surface area contributed by atoms with Crippen LogP contribution in [-0.4, -0.2) is 5.11 Å². The van der Waals surface area contributed by atoms with E-state index in [0.717, 1.165) is 0 Å². The van der Waals surface area contributed by atoms with Crippen molar-refractivity contribution in [2.75, 3.05) is 11.5 Å². The number of rotatable bonds is 2. The molecule has 2 rings (SSSR count). The molecule has 0 aliphatic rings. The maximum absolute atomic E-state index is 9.53. The molecule has 0 saturated heterocycles. The molecule has 0 amide bonds. The predicted octanol–water partition coefficient (Wildman–Crippen LogP) is 2.35. The van der Waals surface area contributed by atoms with Crippen LogP contribution in [0, 0.1) is 0 Å². The molecule has 0 bridgehead atoms. The van der Waals surface area contributed by atoms with E-state index in [1.54, 1.807) is 42.5 Å². The Morgan fingerprint density at radius 3 is 2.38 bits per heavy atom. The molecule has 0 heterocycles. The summed E-state index contributed by atoms with van der Waals surface area (Å²) in [6.07, 6.45) is 0. The van der Waals surface area contributed by atoms with E-state index in [0.29, 0.717) is 22.9 Å². The van der Waals surface area contributed by atoms with Gasteiger partial charge in [-0.15, -0.1) is 0 Å². The maximum atomic E-state index is 9.53. The molecule has 0 aliphatic carbocycles. The zero-order chi connectivity index (χ0) is 11.5. The van der Waals surface area contributed by atoms with E-state index in [-0.39, 0.29) is 5.75 Å². The monoisotopic (exact) mass is 216 g/mol. The van der Waals surface area contributed by atoms with E-state index in [2.05, 4.69) is 0 Å². The summed E-state index contributed by atoms with van der Waals surface area (Å²) in [4.78, 5) is 0. The average molecular weight is 216 g/mol. The fraction of sp³-hybridized carbons (Fsp3) is 0. The van der Waals surface area contributed by atoms with E-state index in [1.165, 1.54) is 0 Å². The van der Waals surface area contributed by atoms with Gasteiger partial charge in [0.05, 0.1) is 5.69 Å². The average Bonchev–Trinajstić information content (AvgIpc) is 2.25. The molecule has 0 fully saturated rings. The highest BCUT2D eigenvalue weighted by molar-refractivity contribution is 5.61. The summed E-state index contributed by atoms with van der Waals surface area (Å²) < 4.78 is 5.46. The molecule has 5 N–H and O–H groups in total. The highest BCUT2D eigenvalue weighted by atomic mass is 16.5. The lowest BCUT2D eigenvalue weighted by Gasteiger charge is -2.09. The quantitative estimate of drug-likeness (QED) is 0.673. The van der Waals surface area contributed by atoms with Crippen LogP contribution >= 0.6 is 0 Å². The smallest absolute Gasteiger partial charge is 0.169 e. The summed E-state index contributed by atoms with van der Waals surface area (Å²) in [6.45, 7) is 0. The molecular weight excluding hydrogens is 204 g/mol. The number of ether oxygens (including phenoxy) is 1. The summed E-state index contributed by atoms with van der Waals surface area (Å²) in [6, 6.07) is 11.6. The van der Waals surface area contributed by atoms with Crippen LogP contribution in [0.1, 0.15) is 0 Å². The molecule has 0 atom stereocenters. The lowest BCUT2D eigenvalue weighted by molar-refractivity contribution is 0.412. The second kappa shape index (κ2) is 4.02. The van der Waals surface area contributed by atoms with Crippen LogP contribution in [0.15, 0.2) is 42.5 Å². The highest BCUT2D eigenvalue weighted by Gasteiger charge is 2.05. The van der Waals surface area contributed by atoms with Crippen LogP contribution < -0.4 is 16.2 Å². The number of benzene rings is 2. The van der Waals surface area contributed by atoms with Crippen molar-refractivity contribution in [3.8, 4) is 17.2 Å². The zero-order valence-electron chi connectivity index (χ0n) is 8.55. The Morgan fingerprint density at radius 1 is 0.938 bits per heavy atom. The van der Waals surface area contributed by atoms with Crippen molar-refractivity contribution in [2.24, 2.45) is 0 Å². The van der Waals surface area contributed by atoms with Crippen molar-refractivity contribution in [2.45, 2.75) is 0 Å². The van der Waals surface area contributed by atoms with Crippen LogP contribution in [0.5, 0.6) is 17.2 Å². The largest absolute Gasteiger partial charge is 0.504 e. The Balaban J connectivity index is 2.31. The second-order valence-electron chi connectivity index (χ2n) is 3.37. The van der Waals surface area contributed by atoms with Crippen molar-refractivity contribution < 1.29 is 9.84 Å². The Hall–Kier alpha value is -2.36. The molecule has 0 aromatic heterocycles. The first kappa shape index (κ1) is 10.2. The molecule has 16 heavy (non-hydrogen) atoms. The number of hydrogen-bond acceptors (Lipinski definition) is 4. The van der Waals surface area contributed by atoms with E-state index < -0.39 is 0 Å². The Bertz CT molecular complexity index is 512. The van der Waals surface area contributed by atoms with Crippen LogP contribution in [0.25, 0.3) is 0 Å². The summed E-state index contributed by atoms with van der Waals surface area (Å²) in [5, 5.41) is 9.53. The normalized spacial score (nSPS) is 10.0. The molecule has 2 aromatic rings. The van der Waals surface area contributed by atoms with Crippen molar-refractivity contribution >= 4 is 11.4 Å². The second-order valence-corrected chi connectivity index (χ2v) is 3.37. The number of phenolic OH excluding ortho intramolecular Hbond substituents is 1. The Labute approximate surface area is 93.1 Å². The fourth-order valence-corrected chi connectivity index (χ4v) is 1.32. The third-order valence-electron chi connectivity index (χ3n) is 2.12. The lowest BCUT2D eigenvalue weighted by Crippen LogP contribution is -1.94. The molecule has 0 spiro atoms. The van der Waals surface area contributed by atoms with Crippen molar-refractivity contribution in [3.05, 3.63) is 42.5 Å². The third kappa shape index (κ3) is 2.00.